The van der Waals surface area contributed by atoms with Crippen molar-refractivity contribution >= 4 is 40.8 Å². The van der Waals surface area contributed by atoms with Gasteiger partial charge in [-0.1, -0.05) is 23.2 Å². The molecule has 1 aliphatic heterocycles. The molecule has 7 heteroatoms. The van der Waals surface area contributed by atoms with E-state index in [1.807, 2.05) is 0 Å². The summed E-state index contributed by atoms with van der Waals surface area (Å²) in [7, 11) is 1.29. The normalized spacial score (nSPS) is 20.8. The SMILES string of the molecule is COC(=O)C[C@H]1C[C@H](C(=O)O)Nc2cc(Cl)cc(Cl)c21. The first-order valence-electron chi connectivity index (χ1n) is 5.97. The zero-order valence-electron chi connectivity index (χ0n) is 10.7. The number of nitrogens with one attached hydrogen (secondary N) is 1. The molecule has 0 saturated heterocycles. The van der Waals surface area contributed by atoms with Gasteiger partial charge in [-0.05, 0) is 24.1 Å². The van der Waals surface area contributed by atoms with Crippen LogP contribution in [0.15, 0.2) is 12.1 Å². The monoisotopic (exact) mass is 317 g/mol. The van der Waals surface area contributed by atoms with Crippen molar-refractivity contribution in [3.63, 3.8) is 0 Å². The molecule has 2 rings (SSSR count). The van der Waals surface area contributed by atoms with Crippen LogP contribution < -0.4 is 5.32 Å². The smallest absolute Gasteiger partial charge is 0.326 e. The van der Waals surface area contributed by atoms with Gasteiger partial charge < -0.3 is 15.2 Å². The molecule has 2 N–H and O–H groups in total. The van der Waals surface area contributed by atoms with Crippen molar-refractivity contribution in [1.29, 1.82) is 0 Å². The summed E-state index contributed by atoms with van der Waals surface area (Å²) in [5.41, 5.74) is 1.26. The van der Waals surface area contributed by atoms with Gasteiger partial charge in [0.15, 0.2) is 0 Å². The molecular weight excluding hydrogens is 305 g/mol. The minimum atomic E-state index is -0.985. The van der Waals surface area contributed by atoms with Crippen LogP contribution in [0.25, 0.3) is 0 Å². The lowest BCUT2D eigenvalue weighted by Crippen LogP contribution is -2.35. The van der Waals surface area contributed by atoms with E-state index in [2.05, 4.69) is 10.1 Å². The quantitative estimate of drug-likeness (QED) is 0.838. The Morgan fingerprint density at radius 3 is 2.75 bits per heavy atom. The molecule has 0 fully saturated rings. The Kier molecular flexibility index (Phi) is 4.40. The van der Waals surface area contributed by atoms with Crippen molar-refractivity contribution in [3.05, 3.63) is 27.7 Å². The third kappa shape index (κ3) is 2.99. The highest BCUT2D eigenvalue weighted by Crippen LogP contribution is 2.42. The molecule has 0 aliphatic carbocycles. The van der Waals surface area contributed by atoms with Crippen molar-refractivity contribution < 1.29 is 19.4 Å². The zero-order valence-corrected chi connectivity index (χ0v) is 12.2. The van der Waals surface area contributed by atoms with Gasteiger partial charge in [0.2, 0.25) is 0 Å². The molecule has 108 valence electrons. The predicted octanol–water partition coefficient (Wildman–Crippen LogP) is 2.91. The Labute approximate surface area is 125 Å². The van der Waals surface area contributed by atoms with Crippen LogP contribution in [0.4, 0.5) is 5.69 Å². The van der Waals surface area contributed by atoms with Gasteiger partial charge in [-0.15, -0.1) is 0 Å². The zero-order chi connectivity index (χ0) is 14.9. The Hall–Kier alpha value is -1.46. The molecule has 1 aromatic rings. The summed E-state index contributed by atoms with van der Waals surface area (Å²) >= 11 is 12.1. The van der Waals surface area contributed by atoms with Crippen molar-refractivity contribution in [2.24, 2.45) is 0 Å². The van der Waals surface area contributed by atoms with Crippen molar-refractivity contribution in [2.75, 3.05) is 12.4 Å². The van der Waals surface area contributed by atoms with E-state index in [9.17, 15) is 9.59 Å². The summed E-state index contributed by atoms with van der Waals surface area (Å²) in [6, 6.07) is 2.41. The van der Waals surface area contributed by atoms with Gasteiger partial charge in [-0.25, -0.2) is 4.79 Å². The Bertz CT molecular complexity index is 562. The third-order valence-corrected chi connectivity index (χ3v) is 3.82. The van der Waals surface area contributed by atoms with Gasteiger partial charge in [-0.2, -0.15) is 0 Å². The van der Waals surface area contributed by atoms with E-state index in [4.69, 9.17) is 28.3 Å². The van der Waals surface area contributed by atoms with Gasteiger partial charge in [0.25, 0.3) is 0 Å². The van der Waals surface area contributed by atoms with Crippen molar-refractivity contribution in [1.82, 2.24) is 0 Å². The van der Waals surface area contributed by atoms with Crippen LogP contribution >= 0.6 is 23.2 Å². The first-order chi connectivity index (χ1) is 9.42. The molecule has 0 aromatic heterocycles. The minimum Gasteiger partial charge on any atom is -0.480 e. The van der Waals surface area contributed by atoms with E-state index < -0.39 is 18.0 Å². The largest absolute Gasteiger partial charge is 0.480 e. The topological polar surface area (TPSA) is 75.6 Å². The minimum absolute atomic E-state index is 0.0797. The fraction of sp³-hybridized carbons (Fsp3) is 0.385. The molecule has 1 aliphatic rings. The summed E-state index contributed by atoms with van der Waals surface area (Å²) in [6.45, 7) is 0. The number of aliphatic carboxylic acids is 1. The van der Waals surface area contributed by atoms with E-state index in [1.54, 1.807) is 12.1 Å². The van der Waals surface area contributed by atoms with Gasteiger partial charge in [-0.3, -0.25) is 4.79 Å². The highest BCUT2D eigenvalue weighted by molar-refractivity contribution is 6.35. The first kappa shape index (κ1) is 14.9. The number of rotatable bonds is 3. The summed E-state index contributed by atoms with van der Waals surface area (Å²) in [5.74, 6) is -1.70. The number of esters is 1. The lowest BCUT2D eigenvalue weighted by atomic mass is 9.84. The Morgan fingerprint density at radius 2 is 2.15 bits per heavy atom. The van der Waals surface area contributed by atoms with E-state index in [0.29, 0.717) is 21.3 Å². The number of ether oxygens (including phenoxy) is 1. The molecule has 0 bridgehead atoms. The maximum atomic E-state index is 11.5. The Morgan fingerprint density at radius 1 is 1.45 bits per heavy atom. The molecule has 0 radical (unpaired) electrons. The number of hydrogen-bond donors (Lipinski definition) is 2. The van der Waals surface area contributed by atoms with Crippen LogP contribution in [0, 0.1) is 0 Å². The lowest BCUT2D eigenvalue weighted by Gasteiger charge is -2.31. The average molecular weight is 318 g/mol. The number of carboxylic acid groups (broad SMARTS) is 1. The predicted molar refractivity (Wildman–Crippen MR) is 75.5 cm³/mol. The molecule has 5 nitrogen and oxygen atoms in total. The number of methoxy groups -OCH3 is 1. The standard InChI is InChI=1S/C13H13Cl2NO4/c1-20-11(17)3-6-2-10(13(18)19)16-9-5-7(14)4-8(15)12(6)9/h4-6,10,16H,2-3H2,1H3,(H,18,19)/t6-,10-/m1/s1. The third-order valence-electron chi connectivity index (χ3n) is 3.29. The van der Waals surface area contributed by atoms with Crippen LogP contribution in [0.2, 0.25) is 10.0 Å². The number of hydrogen-bond acceptors (Lipinski definition) is 4. The van der Waals surface area contributed by atoms with Crippen molar-refractivity contribution in [2.45, 2.75) is 24.8 Å². The fourth-order valence-corrected chi connectivity index (χ4v) is 3.05. The van der Waals surface area contributed by atoms with E-state index in [-0.39, 0.29) is 18.8 Å². The van der Waals surface area contributed by atoms with Gasteiger partial charge in [0, 0.05) is 21.7 Å². The van der Waals surface area contributed by atoms with E-state index in [1.165, 1.54) is 7.11 Å². The summed E-state index contributed by atoms with van der Waals surface area (Å²) in [4.78, 5) is 22.7. The number of carboxylic acids is 1. The lowest BCUT2D eigenvalue weighted by molar-refractivity contribution is -0.142. The number of anilines is 1. The molecule has 0 saturated carbocycles. The molecular formula is C13H13Cl2NO4. The van der Waals surface area contributed by atoms with Crippen LogP contribution in [0.1, 0.15) is 24.3 Å². The first-order valence-corrected chi connectivity index (χ1v) is 6.73. The van der Waals surface area contributed by atoms with E-state index >= 15 is 0 Å². The summed E-state index contributed by atoms with van der Waals surface area (Å²) in [5, 5.41) is 12.9. The number of fused-ring (bicyclic) bond motifs is 1. The second-order valence-corrected chi connectivity index (χ2v) is 5.44. The summed E-state index contributed by atoms with van der Waals surface area (Å²) in [6.07, 6.45) is 0.342. The van der Waals surface area contributed by atoms with Crippen LogP contribution in [-0.2, 0) is 14.3 Å². The van der Waals surface area contributed by atoms with Gasteiger partial charge in [0.1, 0.15) is 6.04 Å². The molecule has 2 atom stereocenters. The second-order valence-electron chi connectivity index (χ2n) is 4.60. The average Bonchev–Trinajstić information content (AvgIpc) is 2.37. The van der Waals surface area contributed by atoms with Crippen LogP contribution in [0.5, 0.6) is 0 Å². The highest BCUT2D eigenvalue weighted by atomic mass is 35.5. The molecule has 1 aromatic carbocycles. The van der Waals surface area contributed by atoms with Crippen molar-refractivity contribution in [3.8, 4) is 0 Å². The molecule has 0 amide bonds. The number of carbonyl (C=O) groups excluding carboxylic acids is 1. The van der Waals surface area contributed by atoms with E-state index in [0.717, 1.165) is 0 Å². The number of halogens is 2. The van der Waals surface area contributed by atoms with Crippen LogP contribution in [0.3, 0.4) is 0 Å². The maximum Gasteiger partial charge on any atom is 0.326 e. The molecule has 1 heterocycles. The molecule has 0 unspecified atom stereocenters. The van der Waals surface area contributed by atoms with Crippen LogP contribution in [-0.4, -0.2) is 30.2 Å². The molecule has 0 spiro atoms. The summed E-state index contributed by atoms with van der Waals surface area (Å²) < 4.78 is 4.65. The number of carbonyl (C=O) groups is 2. The maximum absolute atomic E-state index is 11.5. The van der Waals surface area contributed by atoms with Gasteiger partial charge >= 0.3 is 11.9 Å². The second kappa shape index (κ2) is 5.89. The Balaban J connectivity index is 2.42. The van der Waals surface area contributed by atoms with Gasteiger partial charge in [0.05, 0.1) is 13.5 Å². The molecule has 20 heavy (non-hydrogen) atoms. The number of benzene rings is 1. The highest BCUT2D eigenvalue weighted by Gasteiger charge is 2.33. The fourth-order valence-electron chi connectivity index (χ4n) is 2.40.